The molecule has 20 heavy (non-hydrogen) atoms. The topological polar surface area (TPSA) is 72.1 Å². The van der Waals surface area contributed by atoms with Crippen molar-refractivity contribution >= 4 is 5.91 Å². The molecule has 0 aromatic carbocycles. The minimum atomic E-state index is 0.0527. The van der Waals surface area contributed by atoms with E-state index in [1.165, 1.54) is 0 Å². The predicted molar refractivity (Wildman–Crippen MR) is 70.7 cm³/mol. The second-order valence-corrected chi connectivity index (χ2v) is 4.97. The van der Waals surface area contributed by atoms with Crippen molar-refractivity contribution in [2.24, 2.45) is 0 Å². The summed E-state index contributed by atoms with van der Waals surface area (Å²) in [7, 11) is 0. The first-order chi connectivity index (χ1) is 9.75. The van der Waals surface area contributed by atoms with Crippen LogP contribution in [0.15, 0.2) is 29.0 Å². The number of aromatic nitrogens is 3. The number of likely N-dealkylation sites (tertiary alicyclic amines) is 1. The molecule has 0 saturated carbocycles. The van der Waals surface area contributed by atoms with Crippen LogP contribution in [-0.2, 0) is 11.2 Å². The third kappa shape index (κ3) is 2.41. The molecular weight excluding hydrogens is 256 g/mol. The van der Waals surface area contributed by atoms with Gasteiger partial charge in [-0.1, -0.05) is 16.4 Å². The molecule has 3 heterocycles. The molecule has 0 spiro atoms. The second kappa shape index (κ2) is 5.40. The van der Waals surface area contributed by atoms with E-state index in [0.717, 1.165) is 25.1 Å². The second-order valence-electron chi connectivity index (χ2n) is 4.97. The molecule has 2 aromatic rings. The number of rotatable bonds is 3. The lowest BCUT2D eigenvalue weighted by molar-refractivity contribution is -0.131. The van der Waals surface area contributed by atoms with Crippen LogP contribution in [0.5, 0.6) is 0 Å². The summed E-state index contributed by atoms with van der Waals surface area (Å²) in [6.07, 6.45) is 3.96. The van der Waals surface area contributed by atoms with Crippen LogP contribution in [0.3, 0.4) is 0 Å². The van der Waals surface area contributed by atoms with Gasteiger partial charge in [0.05, 0.1) is 18.2 Å². The lowest BCUT2D eigenvalue weighted by atomic mass is 10.1. The molecule has 2 aromatic heterocycles. The van der Waals surface area contributed by atoms with Crippen LogP contribution in [0.1, 0.15) is 36.0 Å². The molecule has 0 aliphatic carbocycles. The number of nitrogens with zero attached hydrogens (tertiary/aromatic N) is 4. The van der Waals surface area contributed by atoms with Crippen LogP contribution in [-0.4, -0.2) is 32.6 Å². The Morgan fingerprint density at radius 2 is 2.35 bits per heavy atom. The average Bonchev–Trinajstić information content (AvgIpc) is 3.09. The van der Waals surface area contributed by atoms with Crippen molar-refractivity contribution in [1.29, 1.82) is 0 Å². The Morgan fingerprint density at radius 3 is 3.05 bits per heavy atom. The van der Waals surface area contributed by atoms with E-state index in [1.807, 2.05) is 23.1 Å². The van der Waals surface area contributed by atoms with Crippen LogP contribution < -0.4 is 0 Å². The highest BCUT2D eigenvalue weighted by atomic mass is 16.6. The van der Waals surface area contributed by atoms with E-state index in [9.17, 15) is 4.79 Å². The van der Waals surface area contributed by atoms with Crippen molar-refractivity contribution in [2.45, 2.75) is 32.2 Å². The molecule has 6 heteroatoms. The summed E-state index contributed by atoms with van der Waals surface area (Å²) in [5.41, 5.74) is 2.24. The van der Waals surface area contributed by atoms with Gasteiger partial charge in [0.1, 0.15) is 11.4 Å². The zero-order chi connectivity index (χ0) is 13.9. The van der Waals surface area contributed by atoms with Crippen molar-refractivity contribution in [3.63, 3.8) is 0 Å². The number of pyridine rings is 1. The first-order valence-electron chi connectivity index (χ1n) is 6.74. The number of amides is 1. The van der Waals surface area contributed by atoms with E-state index < -0.39 is 0 Å². The van der Waals surface area contributed by atoms with Crippen molar-refractivity contribution in [3.05, 3.63) is 41.5 Å². The maximum absolute atomic E-state index is 12.4. The van der Waals surface area contributed by atoms with Crippen LogP contribution >= 0.6 is 0 Å². The normalized spacial score (nSPS) is 18.4. The molecule has 0 bridgehead atoms. The molecule has 0 unspecified atom stereocenters. The van der Waals surface area contributed by atoms with Gasteiger partial charge < -0.3 is 4.90 Å². The minimum absolute atomic E-state index is 0.0527. The Bertz CT molecular complexity index is 596. The van der Waals surface area contributed by atoms with E-state index in [2.05, 4.69) is 19.9 Å². The molecule has 1 aliphatic rings. The zero-order valence-corrected chi connectivity index (χ0v) is 11.3. The van der Waals surface area contributed by atoms with Crippen LogP contribution in [0, 0.1) is 6.92 Å². The Hall–Kier alpha value is -2.24. The van der Waals surface area contributed by atoms with Gasteiger partial charge in [-0.2, -0.15) is 0 Å². The summed E-state index contributed by atoms with van der Waals surface area (Å²) in [6.45, 7) is 2.56. The predicted octanol–water partition coefficient (Wildman–Crippen LogP) is 1.68. The monoisotopic (exact) mass is 272 g/mol. The van der Waals surface area contributed by atoms with Gasteiger partial charge >= 0.3 is 0 Å². The quantitative estimate of drug-likeness (QED) is 0.850. The highest BCUT2D eigenvalue weighted by Gasteiger charge is 2.31. The SMILES string of the molecule is Cc1nonc1CC(=O)N1CCC[C@H]1c1ccccn1. The number of aryl methyl sites for hydroxylation is 1. The molecule has 6 nitrogen and oxygen atoms in total. The highest BCUT2D eigenvalue weighted by Crippen LogP contribution is 2.31. The van der Waals surface area contributed by atoms with E-state index in [4.69, 9.17) is 0 Å². The van der Waals surface area contributed by atoms with Gasteiger partial charge in [0.15, 0.2) is 0 Å². The van der Waals surface area contributed by atoms with E-state index in [0.29, 0.717) is 11.4 Å². The fourth-order valence-corrected chi connectivity index (χ4v) is 2.60. The van der Waals surface area contributed by atoms with Crippen LogP contribution in [0.25, 0.3) is 0 Å². The summed E-state index contributed by atoms with van der Waals surface area (Å²) >= 11 is 0. The van der Waals surface area contributed by atoms with Crippen LogP contribution in [0.2, 0.25) is 0 Å². The molecule has 1 atom stereocenters. The van der Waals surface area contributed by atoms with Gasteiger partial charge in [-0.05, 0) is 31.9 Å². The standard InChI is InChI=1S/C14H16N4O2/c1-10-12(17-20-16-10)9-14(19)18-8-4-6-13(18)11-5-2-3-7-15-11/h2-3,5,7,13H,4,6,8-9H2,1H3/t13-/m0/s1. The van der Waals surface area contributed by atoms with Crippen LogP contribution in [0.4, 0.5) is 0 Å². The fourth-order valence-electron chi connectivity index (χ4n) is 2.60. The fraction of sp³-hybridized carbons (Fsp3) is 0.429. The number of hydrogen-bond acceptors (Lipinski definition) is 5. The summed E-state index contributed by atoms with van der Waals surface area (Å²) in [4.78, 5) is 18.7. The Kier molecular flexibility index (Phi) is 3.45. The molecule has 1 fully saturated rings. The van der Waals surface area contributed by atoms with Gasteiger partial charge in [0.25, 0.3) is 0 Å². The smallest absolute Gasteiger partial charge is 0.229 e. The highest BCUT2D eigenvalue weighted by molar-refractivity contribution is 5.79. The number of carbonyl (C=O) groups is 1. The minimum Gasteiger partial charge on any atom is -0.334 e. The summed E-state index contributed by atoms with van der Waals surface area (Å²) in [6, 6.07) is 5.88. The first kappa shape index (κ1) is 12.8. The van der Waals surface area contributed by atoms with E-state index in [-0.39, 0.29) is 18.4 Å². The Balaban J connectivity index is 1.75. The molecule has 1 saturated heterocycles. The molecule has 1 amide bonds. The zero-order valence-electron chi connectivity index (χ0n) is 11.3. The lowest BCUT2D eigenvalue weighted by Crippen LogP contribution is -2.32. The van der Waals surface area contributed by atoms with E-state index in [1.54, 1.807) is 13.1 Å². The molecule has 104 valence electrons. The van der Waals surface area contributed by atoms with Gasteiger partial charge in [0, 0.05) is 12.7 Å². The average molecular weight is 272 g/mol. The molecule has 1 aliphatic heterocycles. The number of carbonyl (C=O) groups excluding carboxylic acids is 1. The maximum Gasteiger partial charge on any atom is 0.229 e. The van der Waals surface area contributed by atoms with E-state index >= 15 is 0 Å². The first-order valence-corrected chi connectivity index (χ1v) is 6.74. The van der Waals surface area contributed by atoms with Crippen molar-refractivity contribution < 1.29 is 9.42 Å². The lowest BCUT2D eigenvalue weighted by Gasteiger charge is -2.24. The van der Waals surface area contributed by atoms with Gasteiger partial charge in [-0.15, -0.1) is 0 Å². The number of hydrogen-bond donors (Lipinski definition) is 0. The Morgan fingerprint density at radius 1 is 1.45 bits per heavy atom. The largest absolute Gasteiger partial charge is 0.334 e. The van der Waals surface area contributed by atoms with Gasteiger partial charge in [0.2, 0.25) is 5.91 Å². The van der Waals surface area contributed by atoms with Crippen molar-refractivity contribution in [2.75, 3.05) is 6.54 Å². The molecule has 3 rings (SSSR count). The van der Waals surface area contributed by atoms with Crippen molar-refractivity contribution in [1.82, 2.24) is 20.2 Å². The van der Waals surface area contributed by atoms with Gasteiger partial charge in [-0.25, -0.2) is 4.63 Å². The summed E-state index contributed by atoms with van der Waals surface area (Å²) in [5, 5.41) is 7.48. The third-order valence-corrected chi connectivity index (χ3v) is 3.67. The molecular formula is C14H16N4O2. The molecule has 0 radical (unpaired) electrons. The van der Waals surface area contributed by atoms with Crippen molar-refractivity contribution in [3.8, 4) is 0 Å². The summed E-state index contributed by atoms with van der Waals surface area (Å²) in [5.74, 6) is 0.0527. The molecule has 0 N–H and O–H groups in total. The third-order valence-electron chi connectivity index (χ3n) is 3.67. The summed E-state index contributed by atoms with van der Waals surface area (Å²) < 4.78 is 4.64. The maximum atomic E-state index is 12.4. The Labute approximate surface area is 116 Å². The van der Waals surface area contributed by atoms with Gasteiger partial charge in [-0.3, -0.25) is 9.78 Å².